The number of carbonyl (C=O) groups is 4. The molecular formula is C48H60N4O6. The maximum atomic E-state index is 13.5. The van der Waals surface area contributed by atoms with Crippen LogP contribution in [0.15, 0.2) is 84.9 Å². The molecule has 10 heteroatoms. The van der Waals surface area contributed by atoms with Crippen molar-refractivity contribution in [2.75, 3.05) is 13.2 Å². The van der Waals surface area contributed by atoms with Crippen LogP contribution in [0.25, 0.3) is 0 Å². The van der Waals surface area contributed by atoms with Crippen molar-refractivity contribution in [3.05, 3.63) is 129 Å². The lowest BCUT2D eigenvalue weighted by molar-refractivity contribution is 0.0934. The summed E-state index contributed by atoms with van der Waals surface area (Å²) < 4.78 is 12.4. The standard InChI is InChI=1S/C48H60N4O6/c1-5-9-11-33(7-3)31-57-43-23-39-21-40(24-43)46(54)50-28-36-15-19-38(20-16-36)30-52-48(56)42-22-41(25-44(26-42)58-32-34(8-4)12-10-6-2)47(55)51-29-37-17-13-35(14-18-37)27-49-45(39)53/h13-26,33-34H,5-12,27-32H2,1-4H3,(H,49,53)(H,50,54)(H,51,55)(H,52,56). The van der Waals surface area contributed by atoms with Crippen molar-refractivity contribution in [1.82, 2.24) is 21.3 Å². The van der Waals surface area contributed by atoms with Gasteiger partial charge in [-0.25, -0.2) is 0 Å². The number of nitrogens with one attached hydrogen (secondary N) is 4. The third-order valence-corrected chi connectivity index (χ3v) is 10.8. The number of carbonyl (C=O) groups excluding carboxylic acids is 4. The van der Waals surface area contributed by atoms with Gasteiger partial charge in [0.05, 0.1) is 13.2 Å². The second-order valence-corrected chi connectivity index (χ2v) is 15.3. The molecule has 4 N–H and O–H groups in total. The van der Waals surface area contributed by atoms with E-state index in [-0.39, 0.29) is 49.8 Å². The Morgan fingerprint density at radius 1 is 0.448 bits per heavy atom. The smallest absolute Gasteiger partial charge is 0.251 e. The third kappa shape index (κ3) is 13.2. The lowest BCUT2D eigenvalue weighted by Crippen LogP contribution is -2.26. The van der Waals surface area contributed by atoms with Crippen molar-refractivity contribution in [3.63, 3.8) is 0 Å². The molecule has 0 saturated carbocycles. The second kappa shape index (κ2) is 22.3. The summed E-state index contributed by atoms with van der Waals surface area (Å²) in [6, 6.07) is 25.1. The molecule has 4 amide bonds. The highest BCUT2D eigenvalue weighted by Gasteiger charge is 2.18. The van der Waals surface area contributed by atoms with Crippen molar-refractivity contribution in [2.24, 2.45) is 11.8 Å². The van der Waals surface area contributed by atoms with Crippen LogP contribution in [-0.4, -0.2) is 36.8 Å². The number of ether oxygens (including phenoxy) is 2. The molecule has 4 aliphatic rings. The molecule has 0 aliphatic carbocycles. The lowest BCUT2D eigenvalue weighted by atomic mass is 10.0. The number of rotatable bonds is 14. The number of unbranched alkanes of at least 4 members (excludes halogenated alkanes) is 2. The van der Waals surface area contributed by atoms with Crippen molar-refractivity contribution in [3.8, 4) is 11.5 Å². The Morgan fingerprint density at radius 3 is 0.966 bits per heavy atom. The number of hydrogen-bond acceptors (Lipinski definition) is 6. The topological polar surface area (TPSA) is 135 Å². The summed E-state index contributed by atoms with van der Waals surface area (Å²) >= 11 is 0. The van der Waals surface area contributed by atoms with Crippen LogP contribution in [0.2, 0.25) is 0 Å². The quantitative estimate of drug-likeness (QED) is 0.101. The van der Waals surface area contributed by atoms with Gasteiger partial charge in [-0.2, -0.15) is 0 Å². The van der Waals surface area contributed by atoms with Gasteiger partial charge in [-0.05, 0) is 83.3 Å². The minimum Gasteiger partial charge on any atom is -0.493 e. The Balaban J connectivity index is 1.38. The molecule has 8 rings (SSSR count). The minimum atomic E-state index is -0.324. The Morgan fingerprint density at radius 2 is 0.724 bits per heavy atom. The largest absolute Gasteiger partial charge is 0.493 e. The Bertz CT molecular complexity index is 1720. The molecule has 2 atom stereocenters. The molecule has 0 radical (unpaired) electrons. The van der Waals surface area contributed by atoms with Crippen LogP contribution in [0.4, 0.5) is 0 Å². The van der Waals surface area contributed by atoms with Gasteiger partial charge in [0.1, 0.15) is 11.5 Å². The highest BCUT2D eigenvalue weighted by Crippen LogP contribution is 2.23. The fraction of sp³-hybridized carbons (Fsp3) is 0.417. The molecule has 10 nitrogen and oxygen atoms in total. The minimum absolute atomic E-state index is 0.262. The third-order valence-electron chi connectivity index (χ3n) is 10.8. The Labute approximate surface area is 343 Å². The van der Waals surface area contributed by atoms with Crippen LogP contribution >= 0.6 is 0 Å². The molecule has 8 bridgehead atoms. The zero-order chi connectivity index (χ0) is 41.3. The van der Waals surface area contributed by atoms with Crippen molar-refractivity contribution < 1.29 is 28.7 Å². The maximum Gasteiger partial charge on any atom is 0.251 e. The van der Waals surface area contributed by atoms with E-state index in [9.17, 15) is 19.2 Å². The van der Waals surface area contributed by atoms with Gasteiger partial charge in [-0.1, -0.05) is 115 Å². The number of hydrogen-bond donors (Lipinski definition) is 4. The van der Waals surface area contributed by atoms with E-state index in [4.69, 9.17) is 9.47 Å². The van der Waals surface area contributed by atoms with Gasteiger partial charge in [0.2, 0.25) is 0 Å². The average Bonchev–Trinajstić information content (AvgIpc) is 3.26. The van der Waals surface area contributed by atoms with Gasteiger partial charge in [0.25, 0.3) is 23.6 Å². The van der Waals surface area contributed by atoms with Crippen LogP contribution in [-0.2, 0) is 26.2 Å². The summed E-state index contributed by atoms with van der Waals surface area (Å²) in [7, 11) is 0. The molecule has 0 aromatic heterocycles. The van der Waals surface area contributed by atoms with E-state index in [2.05, 4.69) is 49.0 Å². The molecule has 4 aromatic carbocycles. The Kier molecular flexibility index (Phi) is 16.7. The normalized spacial score (nSPS) is 14.8. The maximum absolute atomic E-state index is 13.5. The molecule has 2 unspecified atom stereocenters. The van der Waals surface area contributed by atoms with Crippen LogP contribution in [0, 0.1) is 11.8 Å². The van der Waals surface area contributed by atoms with Crippen LogP contribution in [0.1, 0.15) is 143 Å². The number of benzene rings is 4. The van der Waals surface area contributed by atoms with Gasteiger partial charge < -0.3 is 30.7 Å². The van der Waals surface area contributed by atoms with Crippen LogP contribution < -0.4 is 30.7 Å². The molecule has 0 fully saturated rings. The van der Waals surface area contributed by atoms with Crippen molar-refractivity contribution in [1.29, 1.82) is 0 Å². The Hall–Kier alpha value is -5.64. The van der Waals surface area contributed by atoms with Gasteiger partial charge in [-0.15, -0.1) is 0 Å². The summed E-state index contributed by atoms with van der Waals surface area (Å²) in [5, 5.41) is 11.9. The summed E-state index contributed by atoms with van der Waals surface area (Å²) in [6.07, 6.45) is 8.52. The van der Waals surface area contributed by atoms with E-state index in [0.29, 0.717) is 58.8 Å². The molecule has 4 aliphatic heterocycles. The molecule has 0 saturated heterocycles. The first-order chi connectivity index (χ1) is 28.2. The molecule has 58 heavy (non-hydrogen) atoms. The van der Waals surface area contributed by atoms with E-state index >= 15 is 0 Å². The SMILES string of the molecule is CCCCC(CC)COc1cc2cc(c1)C(=O)NCc1ccc(cc1)CNC(=O)c1cc(OCC(CC)CCCC)cc(c1)C(=O)NCc1ccc(cc1)CNC2=O. The zero-order valence-electron chi connectivity index (χ0n) is 34.6. The predicted molar refractivity (Wildman–Crippen MR) is 228 cm³/mol. The lowest BCUT2D eigenvalue weighted by Gasteiger charge is -2.17. The van der Waals surface area contributed by atoms with Gasteiger partial charge >= 0.3 is 0 Å². The van der Waals surface area contributed by atoms with E-state index in [0.717, 1.165) is 73.6 Å². The van der Waals surface area contributed by atoms with E-state index in [1.165, 1.54) is 0 Å². The predicted octanol–water partition coefficient (Wildman–Crippen LogP) is 8.91. The average molecular weight is 789 g/mol. The monoisotopic (exact) mass is 788 g/mol. The second-order valence-electron chi connectivity index (χ2n) is 15.3. The van der Waals surface area contributed by atoms with E-state index in [1.807, 2.05) is 48.5 Å². The first-order valence-electron chi connectivity index (χ1n) is 21.0. The highest BCUT2D eigenvalue weighted by molar-refractivity contribution is 6.01. The summed E-state index contributed by atoms with van der Waals surface area (Å²) in [5.74, 6) is 0.403. The van der Waals surface area contributed by atoms with Gasteiger partial charge in [0, 0.05) is 48.4 Å². The molecule has 0 spiro atoms. The molecule has 4 heterocycles. The molecular weight excluding hydrogens is 729 g/mol. The van der Waals surface area contributed by atoms with E-state index < -0.39 is 0 Å². The highest BCUT2D eigenvalue weighted by atomic mass is 16.5. The van der Waals surface area contributed by atoms with Crippen molar-refractivity contribution in [2.45, 2.75) is 105 Å². The fourth-order valence-electron chi connectivity index (χ4n) is 6.80. The zero-order valence-corrected chi connectivity index (χ0v) is 34.6. The first-order valence-corrected chi connectivity index (χ1v) is 21.0. The summed E-state index contributed by atoms with van der Waals surface area (Å²) in [6.45, 7) is 10.7. The van der Waals surface area contributed by atoms with Crippen molar-refractivity contribution >= 4 is 23.6 Å². The summed E-state index contributed by atoms with van der Waals surface area (Å²) in [4.78, 5) is 54.1. The van der Waals surface area contributed by atoms with Gasteiger partial charge in [0.15, 0.2) is 0 Å². The molecule has 4 aromatic rings. The van der Waals surface area contributed by atoms with Crippen LogP contribution in [0.5, 0.6) is 11.5 Å². The first kappa shape index (κ1) is 43.5. The summed E-state index contributed by atoms with van der Waals surface area (Å²) in [5.41, 5.74) is 4.79. The fourth-order valence-corrected chi connectivity index (χ4v) is 6.80. The molecule has 308 valence electrons. The van der Waals surface area contributed by atoms with Gasteiger partial charge in [-0.3, -0.25) is 19.2 Å². The number of amides is 4. The van der Waals surface area contributed by atoms with Crippen LogP contribution in [0.3, 0.4) is 0 Å². The van der Waals surface area contributed by atoms with E-state index in [1.54, 1.807) is 36.4 Å².